The summed E-state index contributed by atoms with van der Waals surface area (Å²) >= 11 is 0. The van der Waals surface area contributed by atoms with Gasteiger partial charge in [-0.25, -0.2) is 4.79 Å². The van der Waals surface area contributed by atoms with Gasteiger partial charge in [-0.15, -0.1) is 5.10 Å². The van der Waals surface area contributed by atoms with Gasteiger partial charge in [0.15, 0.2) is 0 Å². The average molecular weight is 555 g/mol. The van der Waals surface area contributed by atoms with E-state index in [1.54, 1.807) is 46.0 Å². The number of aryl methyl sites for hydroxylation is 1. The highest BCUT2D eigenvalue weighted by molar-refractivity contribution is 6.01. The molecule has 5 rings (SSSR count). The largest absolute Gasteiger partial charge is 0.493 e. The summed E-state index contributed by atoms with van der Waals surface area (Å²) in [7, 11) is 1.81. The van der Waals surface area contributed by atoms with E-state index in [0.717, 1.165) is 11.5 Å². The molecule has 13 heteroatoms. The lowest BCUT2D eigenvalue weighted by Gasteiger charge is -2.18. The molecular formula is C27H25F3N6O4. The third-order valence-corrected chi connectivity index (χ3v) is 6.65. The second-order valence-corrected chi connectivity index (χ2v) is 9.70. The molecule has 1 aliphatic heterocycles. The fraction of sp³-hybridized carbons (Fsp3) is 0.296. The number of hydrogen-bond donors (Lipinski definition) is 1. The Morgan fingerprint density at radius 3 is 2.35 bits per heavy atom. The molecule has 1 N–H and O–H groups in total. The number of carbonyl (C=O) groups excluding carboxylic acids is 2. The highest BCUT2D eigenvalue weighted by Gasteiger charge is 2.42. The van der Waals surface area contributed by atoms with Crippen molar-refractivity contribution in [1.29, 1.82) is 0 Å². The van der Waals surface area contributed by atoms with Gasteiger partial charge >= 0.3 is 17.7 Å². The van der Waals surface area contributed by atoms with Gasteiger partial charge in [0.25, 0.3) is 0 Å². The van der Waals surface area contributed by atoms with E-state index in [2.05, 4.69) is 20.4 Å². The van der Waals surface area contributed by atoms with E-state index in [1.807, 2.05) is 27.0 Å². The van der Waals surface area contributed by atoms with Crippen molar-refractivity contribution < 1.29 is 27.6 Å². The Morgan fingerprint density at radius 1 is 1.05 bits per heavy atom. The maximum Gasteiger partial charge on any atom is 0.493 e. The molecule has 208 valence electrons. The van der Waals surface area contributed by atoms with Crippen LogP contribution in [0.2, 0.25) is 0 Å². The zero-order valence-electron chi connectivity index (χ0n) is 21.8. The van der Waals surface area contributed by atoms with Crippen LogP contribution < -0.4 is 20.6 Å². The number of nitrogens with one attached hydrogen (secondary N) is 1. The number of halogens is 3. The number of hydrogen-bond acceptors (Lipinski definition) is 7. The summed E-state index contributed by atoms with van der Waals surface area (Å²) in [5.74, 6) is -1.69. The maximum atomic E-state index is 13.2. The molecule has 0 aliphatic carbocycles. The van der Waals surface area contributed by atoms with Gasteiger partial charge in [0.05, 0.1) is 11.1 Å². The molecule has 0 bridgehead atoms. The minimum atomic E-state index is -5.31. The predicted octanol–water partition coefficient (Wildman–Crippen LogP) is 3.66. The molecule has 10 nitrogen and oxygen atoms in total. The Bertz CT molecular complexity index is 1660. The second-order valence-electron chi connectivity index (χ2n) is 9.70. The minimum absolute atomic E-state index is 0.0194. The van der Waals surface area contributed by atoms with Crippen molar-refractivity contribution >= 4 is 34.2 Å². The molecule has 1 atom stereocenters. The quantitative estimate of drug-likeness (QED) is 0.387. The number of aromatic nitrogens is 4. The van der Waals surface area contributed by atoms with Crippen molar-refractivity contribution in [3.8, 4) is 11.3 Å². The lowest BCUT2D eigenvalue weighted by Crippen LogP contribution is -2.39. The number of amides is 1. The Labute approximate surface area is 225 Å². The van der Waals surface area contributed by atoms with E-state index in [9.17, 15) is 27.6 Å². The molecule has 2 aromatic carbocycles. The summed E-state index contributed by atoms with van der Waals surface area (Å²) in [6.45, 7) is 4.56. The highest BCUT2D eigenvalue weighted by Crippen LogP contribution is 2.29. The van der Waals surface area contributed by atoms with Crippen LogP contribution in [0.15, 0.2) is 59.4 Å². The SMILES string of the molecule is CC(C)c1cc(NC2CCN(c3ccc(-c4nn(OC(=O)C(F)(F)F)c(=O)c5ccccc45)cc3)C2=O)n(C)n1. The first kappa shape index (κ1) is 26.9. The summed E-state index contributed by atoms with van der Waals surface area (Å²) in [6, 6.07) is 14.3. The van der Waals surface area contributed by atoms with E-state index >= 15 is 0 Å². The third-order valence-electron chi connectivity index (χ3n) is 6.65. The summed E-state index contributed by atoms with van der Waals surface area (Å²) in [4.78, 5) is 43.2. The number of rotatable bonds is 6. The van der Waals surface area contributed by atoms with Crippen LogP contribution in [0.25, 0.3) is 22.0 Å². The van der Waals surface area contributed by atoms with Crippen LogP contribution in [0, 0.1) is 0 Å². The lowest BCUT2D eigenvalue weighted by atomic mass is 10.0. The van der Waals surface area contributed by atoms with Crippen LogP contribution in [0.3, 0.4) is 0 Å². The molecule has 1 saturated heterocycles. The molecular weight excluding hydrogens is 529 g/mol. The number of benzene rings is 2. The standard InChI is InChI=1S/C27H25F3N6O4/c1-15(2)21-14-22(34(3)32-21)31-20-12-13-35(25(20)38)17-10-8-16(9-11-17)23-18-6-4-5-7-19(18)24(37)36(33-23)40-26(39)27(28,29)30/h4-11,14-15,20,31H,12-13H2,1-3H3. The van der Waals surface area contributed by atoms with E-state index in [4.69, 9.17) is 0 Å². The first-order valence-corrected chi connectivity index (χ1v) is 12.5. The summed E-state index contributed by atoms with van der Waals surface area (Å²) in [6.07, 6.45) is -4.73. The molecule has 0 radical (unpaired) electrons. The Hall–Kier alpha value is -4.68. The molecule has 3 heterocycles. The third kappa shape index (κ3) is 5.01. The molecule has 40 heavy (non-hydrogen) atoms. The van der Waals surface area contributed by atoms with Crippen molar-refractivity contribution in [3.05, 3.63) is 70.6 Å². The Morgan fingerprint density at radius 2 is 1.73 bits per heavy atom. The monoisotopic (exact) mass is 554 g/mol. The number of fused-ring (bicyclic) bond motifs is 1. The zero-order chi connectivity index (χ0) is 28.8. The van der Waals surface area contributed by atoms with E-state index in [1.165, 1.54) is 12.1 Å². The number of nitrogens with zero attached hydrogens (tertiary/aromatic N) is 5. The predicted molar refractivity (Wildman–Crippen MR) is 141 cm³/mol. The van der Waals surface area contributed by atoms with Crippen LogP contribution in [0.5, 0.6) is 0 Å². The number of carbonyl (C=O) groups is 2. The van der Waals surface area contributed by atoms with Gasteiger partial charge in [-0.05, 0) is 35.4 Å². The molecule has 1 fully saturated rings. The molecule has 1 amide bonds. The lowest BCUT2D eigenvalue weighted by molar-refractivity contribution is -0.201. The van der Waals surface area contributed by atoms with Crippen LogP contribution in [-0.2, 0) is 16.6 Å². The van der Waals surface area contributed by atoms with Gasteiger partial charge in [-0.3, -0.25) is 14.3 Å². The molecule has 2 aromatic heterocycles. The first-order valence-electron chi connectivity index (χ1n) is 12.5. The van der Waals surface area contributed by atoms with Crippen LogP contribution in [0.1, 0.15) is 31.9 Å². The molecule has 1 unspecified atom stereocenters. The van der Waals surface area contributed by atoms with Crippen molar-refractivity contribution in [2.75, 3.05) is 16.8 Å². The molecule has 4 aromatic rings. The summed E-state index contributed by atoms with van der Waals surface area (Å²) in [5.41, 5.74) is 1.09. The van der Waals surface area contributed by atoms with E-state index < -0.39 is 23.7 Å². The van der Waals surface area contributed by atoms with Crippen molar-refractivity contribution in [1.82, 2.24) is 19.7 Å². The van der Waals surface area contributed by atoms with Crippen LogP contribution in [0.4, 0.5) is 24.7 Å². The van der Waals surface area contributed by atoms with Crippen LogP contribution >= 0.6 is 0 Å². The molecule has 0 spiro atoms. The number of anilines is 2. The van der Waals surface area contributed by atoms with Crippen molar-refractivity contribution in [2.45, 2.75) is 38.4 Å². The fourth-order valence-corrected chi connectivity index (χ4v) is 4.53. The molecule has 0 saturated carbocycles. The summed E-state index contributed by atoms with van der Waals surface area (Å²) < 4.78 is 40.0. The minimum Gasteiger partial charge on any atom is -0.359 e. The molecule has 1 aliphatic rings. The zero-order valence-corrected chi connectivity index (χ0v) is 21.8. The normalized spacial score (nSPS) is 15.7. The van der Waals surface area contributed by atoms with Crippen LogP contribution in [-0.4, -0.2) is 50.4 Å². The first-order chi connectivity index (χ1) is 18.9. The van der Waals surface area contributed by atoms with Gasteiger partial charge in [-0.1, -0.05) is 44.2 Å². The number of alkyl halides is 3. The van der Waals surface area contributed by atoms with E-state index in [0.29, 0.717) is 29.6 Å². The van der Waals surface area contributed by atoms with Crippen molar-refractivity contribution in [2.24, 2.45) is 7.05 Å². The topological polar surface area (TPSA) is 111 Å². The van der Waals surface area contributed by atoms with Gasteiger partial charge in [0, 0.05) is 36.3 Å². The van der Waals surface area contributed by atoms with Gasteiger partial charge < -0.3 is 15.1 Å². The van der Waals surface area contributed by atoms with Gasteiger partial charge in [-0.2, -0.15) is 18.3 Å². The Kier molecular flexibility index (Phi) is 6.82. The van der Waals surface area contributed by atoms with E-state index in [-0.39, 0.29) is 27.8 Å². The van der Waals surface area contributed by atoms with Gasteiger partial charge in [0.1, 0.15) is 17.6 Å². The summed E-state index contributed by atoms with van der Waals surface area (Å²) in [5, 5.41) is 12.0. The fourth-order valence-electron chi connectivity index (χ4n) is 4.53. The van der Waals surface area contributed by atoms with Crippen molar-refractivity contribution in [3.63, 3.8) is 0 Å². The Balaban J connectivity index is 1.41. The second kappa shape index (κ2) is 10.1. The highest BCUT2D eigenvalue weighted by atomic mass is 19.4. The smallest absolute Gasteiger partial charge is 0.359 e. The van der Waals surface area contributed by atoms with Gasteiger partial charge in [0.2, 0.25) is 5.91 Å². The maximum absolute atomic E-state index is 13.2. The average Bonchev–Trinajstić information content (AvgIpc) is 3.47.